The molecule has 0 aliphatic carbocycles. The molecule has 1 aliphatic rings. The third kappa shape index (κ3) is 3.42. The van der Waals surface area contributed by atoms with Crippen LogP contribution in [-0.2, 0) is 10.2 Å². The van der Waals surface area contributed by atoms with Crippen molar-refractivity contribution in [1.82, 2.24) is 9.03 Å². The van der Waals surface area contributed by atoms with Crippen molar-refractivity contribution in [2.24, 2.45) is 0 Å². The smallest absolute Gasteiger partial charge is 0.280 e. The lowest BCUT2D eigenvalue weighted by Crippen LogP contribution is -2.59. The molecule has 1 unspecified atom stereocenters. The highest BCUT2D eigenvalue weighted by molar-refractivity contribution is 7.87. The van der Waals surface area contributed by atoms with E-state index in [4.69, 9.17) is 0 Å². The van der Waals surface area contributed by atoms with Gasteiger partial charge in [0.2, 0.25) is 0 Å². The van der Waals surface area contributed by atoms with Crippen LogP contribution in [0.25, 0.3) is 0 Å². The maximum absolute atomic E-state index is 12.3. The van der Waals surface area contributed by atoms with Crippen LogP contribution in [0.15, 0.2) is 0 Å². The van der Waals surface area contributed by atoms with Gasteiger partial charge in [-0.2, -0.15) is 17.4 Å². The Morgan fingerprint density at radius 1 is 1.33 bits per heavy atom. The first kappa shape index (κ1) is 15.8. The van der Waals surface area contributed by atoms with E-state index < -0.39 is 29.0 Å². The van der Waals surface area contributed by atoms with Crippen molar-refractivity contribution in [1.29, 1.82) is 0 Å². The summed E-state index contributed by atoms with van der Waals surface area (Å²) in [5.41, 5.74) is -1.17. The van der Waals surface area contributed by atoms with Gasteiger partial charge in [-0.15, -0.1) is 0 Å². The Hall–Kier alpha value is -0.210. The van der Waals surface area contributed by atoms with Gasteiger partial charge in [0.25, 0.3) is 10.2 Å². The fraction of sp³-hybridized carbons (Fsp3) is 1.00. The average Bonchev–Trinajstić information content (AvgIpc) is 2.36. The Labute approximate surface area is 109 Å². The fourth-order valence-electron chi connectivity index (χ4n) is 2.17. The van der Waals surface area contributed by atoms with Crippen LogP contribution in [0, 0.1) is 0 Å². The van der Waals surface area contributed by atoms with Crippen LogP contribution in [0.5, 0.6) is 0 Å². The number of hydrogen-bond acceptors (Lipinski definition) is 4. The van der Waals surface area contributed by atoms with Gasteiger partial charge in [-0.25, -0.2) is 0 Å². The van der Waals surface area contributed by atoms with Crippen LogP contribution in [0.2, 0.25) is 0 Å². The second kappa shape index (κ2) is 6.29. The van der Waals surface area contributed by atoms with E-state index in [0.717, 1.165) is 19.3 Å². The van der Waals surface area contributed by atoms with Crippen LogP contribution in [0.3, 0.4) is 0 Å². The normalized spacial score (nSPS) is 23.2. The van der Waals surface area contributed by atoms with E-state index in [1.165, 1.54) is 4.31 Å². The van der Waals surface area contributed by atoms with Gasteiger partial charge in [0.1, 0.15) is 0 Å². The van der Waals surface area contributed by atoms with E-state index in [0.29, 0.717) is 13.0 Å². The van der Waals surface area contributed by atoms with Gasteiger partial charge in [-0.3, -0.25) is 0 Å². The van der Waals surface area contributed by atoms with E-state index in [9.17, 15) is 18.6 Å². The van der Waals surface area contributed by atoms with Gasteiger partial charge in [-0.05, 0) is 26.2 Å². The summed E-state index contributed by atoms with van der Waals surface area (Å²) < 4.78 is 28.4. The van der Waals surface area contributed by atoms with Gasteiger partial charge in [0.05, 0.1) is 18.8 Å². The topological polar surface area (TPSA) is 89.9 Å². The number of nitrogens with zero attached hydrogens (tertiary/aromatic N) is 1. The molecule has 7 heteroatoms. The highest BCUT2D eigenvalue weighted by Crippen LogP contribution is 2.21. The molecule has 1 saturated heterocycles. The predicted octanol–water partition coefficient (Wildman–Crippen LogP) is -0.171. The van der Waals surface area contributed by atoms with Crippen LogP contribution in [-0.4, -0.2) is 54.3 Å². The fourth-order valence-corrected chi connectivity index (χ4v) is 4.06. The molecule has 0 aromatic rings. The first-order valence-electron chi connectivity index (χ1n) is 6.43. The zero-order valence-electron chi connectivity index (χ0n) is 11.1. The van der Waals surface area contributed by atoms with Gasteiger partial charge in [0, 0.05) is 12.6 Å². The van der Waals surface area contributed by atoms with E-state index >= 15 is 0 Å². The molecular formula is C11H24N2O4S. The largest absolute Gasteiger partial charge is 0.394 e. The number of nitrogens with one attached hydrogen (secondary N) is 1. The molecule has 0 spiro atoms. The van der Waals surface area contributed by atoms with E-state index in [2.05, 4.69) is 4.72 Å². The first-order valence-corrected chi connectivity index (χ1v) is 7.87. The summed E-state index contributed by atoms with van der Waals surface area (Å²) in [5, 5.41) is 18.6. The zero-order valence-corrected chi connectivity index (χ0v) is 11.9. The number of hydrogen-bond donors (Lipinski definition) is 3. The van der Waals surface area contributed by atoms with Crippen molar-refractivity contribution in [2.45, 2.75) is 51.1 Å². The Morgan fingerprint density at radius 3 is 2.39 bits per heavy atom. The third-order valence-electron chi connectivity index (χ3n) is 3.68. The molecule has 18 heavy (non-hydrogen) atoms. The number of rotatable bonds is 6. The summed E-state index contributed by atoms with van der Waals surface area (Å²) in [4.78, 5) is 0. The minimum atomic E-state index is -3.66. The molecule has 0 amide bonds. The maximum Gasteiger partial charge on any atom is 0.280 e. The van der Waals surface area contributed by atoms with Crippen molar-refractivity contribution in [3.63, 3.8) is 0 Å². The highest BCUT2D eigenvalue weighted by Gasteiger charge is 2.37. The van der Waals surface area contributed by atoms with E-state index in [-0.39, 0.29) is 6.04 Å². The second-order valence-corrected chi connectivity index (χ2v) is 6.64. The zero-order chi connectivity index (χ0) is 13.8. The monoisotopic (exact) mass is 280 g/mol. The summed E-state index contributed by atoms with van der Waals surface area (Å²) in [6.07, 6.45) is 3.06. The molecule has 6 nitrogen and oxygen atoms in total. The van der Waals surface area contributed by atoms with Crippen molar-refractivity contribution in [3.8, 4) is 0 Å². The summed E-state index contributed by atoms with van der Waals surface area (Å²) in [7, 11) is -3.66. The Kier molecular flexibility index (Phi) is 5.54. The standard InChI is InChI=1S/C11H24N2O4S/c1-3-11(8-14,9-15)12-18(16,17)13-7-5-4-6-10(13)2/h10,12,14-15H,3-9H2,1-2H3. The third-order valence-corrected chi connectivity index (χ3v) is 5.53. The van der Waals surface area contributed by atoms with Gasteiger partial charge >= 0.3 is 0 Å². The highest BCUT2D eigenvalue weighted by atomic mass is 32.2. The first-order chi connectivity index (χ1) is 8.40. The van der Waals surface area contributed by atoms with Crippen molar-refractivity contribution in [3.05, 3.63) is 0 Å². The number of aliphatic hydroxyl groups is 2. The summed E-state index contributed by atoms with van der Waals surface area (Å²) in [6, 6.07) is -0.0387. The van der Waals surface area contributed by atoms with E-state index in [1.807, 2.05) is 6.92 Å². The molecule has 0 bridgehead atoms. The molecule has 3 N–H and O–H groups in total. The van der Waals surface area contributed by atoms with Crippen molar-refractivity contribution in [2.75, 3.05) is 19.8 Å². The quantitative estimate of drug-likeness (QED) is 0.630. The molecular weight excluding hydrogens is 256 g/mol. The minimum absolute atomic E-state index is 0.0387. The lowest BCUT2D eigenvalue weighted by atomic mass is 10.0. The molecule has 1 aliphatic heterocycles. The van der Waals surface area contributed by atoms with Gasteiger partial charge in [0.15, 0.2) is 0 Å². The Balaban J connectivity index is 2.86. The van der Waals surface area contributed by atoms with Crippen LogP contribution >= 0.6 is 0 Å². The molecule has 1 atom stereocenters. The predicted molar refractivity (Wildman–Crippen MR) is 69.3 cm³/mol. The summed E-state index contributed by atoms with van der Waals surface area (Å²) in [6.45, 7) is 3.27. The summed E-state index contributed by atoms with van der Waals surface area (Å²) >= 11 is 0. The SMILES string of the molecule is CCC(CO)(CO)NS(=O)(=O)N1CCCCC1C. The molecule has 1 heterocycles. The lowest BCUT2D eigenvalue weighted by molar-refractivity contribution is 0.102. The molecule has 0 aromatic carbocycles. The molecule has 0 radical (unpaired) electrons. The molecule has 108 valence electrons. The maximum atomic E-state index is 12.3. The van der Waals surface area contributed by atoms with Gasteiger partial charge < -0.3 is 10.2 Å². The second-order valence-electron chi connectivity index (χ2n) is 5.01. The molecule has 0 saturated carbocycles. The van der Waals surface area contributed by atoms with Crippen LogP contribution < -0.4 is 4.72 Å². The Bertz CT molecular complexity index is 346. The molecule has 1 rings (SSSR count). The average molecular weight is 280 g/mol. The van der Waals surface area contributed by atoms with Crippen LogP contribution in [0.1, 0.15) is 39.5 Å². The van der Waals surface area contributed by atoms with E-state index in [1.54, 1.807) is 6.92 Å². The summed E-state index contributed by atoms with van der Waals surface area (Å²) in [5.74, 6) is 0. The molecule has 0 aromatic heterocycles. The van der Waals surface area contributed by atoms with Crippen molar-refractivity contribution < 1.29 is 18.6 Å². The number of aliphatic hydroxyl groups excluding tert-OH is 2. The lowest BCUT2D eigenvalue weighted by Gasteiger charge is -2.37. The minimum Gasteiger partial charge on any atom is -0.394 e. The van der Waals surface area contributed by atoms with Crippen LogP contribution in [0.4, 0.5) is 0 Å². The number of piperidine rings is 1. The van der Waals surface area contributed by atoms with Crippen molar-refractivity contribution >= 4 is 10.2 Å². The Morgan fingerprint density at radius 2 is 1.94 bits per heavy atom. The van der Waals surface area contributed by atoms with Gasteiger partial charge in [-0.1, -0.05) is 13.3 Å². The molecule has 1 fully saturated rings.